The number of rotatable bonds is 12. The van der Waals surface area contributed by atoms with Crippen molar-refractivity contribution in [1.29, 1.82) is 0 Å². The molecule has 1 atom stereocenters. The molecule has 0 aromatic heterocycles. The number of piperazine rings is 1. The zero-order valence-corrected chi connectivity index (χ0v) is 22.9. The van der Waals surface area contributed by atoms with Crippen molar-refractivity contribution in [2.24, 2.45) is 0 Å². The second-order valence-electron chi connectivity index (χ2n) is 8.82. The van der Waals surface area contributed by atoms with E-state index >= 15 is 0 Å². The van der Waals surface area contributed by atoms with Gasteiger partial charge in [0.2, 0.25) is 10.0 Å². The summed E-state index contributed by atoms with van der Waals surface area (Å²) in [6.07, 6.45) is -17.9. The minimum absolute atomic E-state index is 0.548. The van der Waals surface area contributed by atoms with Crippen molar-refractivity contribution in [2.45, 2.75) is 66.6 Å². The first kappa shape index (κ1) is 41.1. The lowest BCUT2D eigenvalue weighted by atomic mass is 10.0. The molecule has 0 N–H and O–H groups in total. The number of hydrogen-bond acceptors (Lipinski definition) is 6. The highest BCUT2D eigenvalue weighted by Gasteiger charge is 2.86. The number of nitrogens with zero attached hydrogens (tertiary/aromatic N) is 2. The smallest absolute Gasteiger partial charge is 0.460 e. The predicted octanol–water partition coefficient (Wildman–Crippen LogP) is 4.48. The molecule has 1 aliphatic heterocycles. The topological polar surface area (TPSA) is 101 Å². The van der Waals surface area contributed by atoms with Gasteiger partial charge >= 0.3 is 53.2 Å². The molecule has 28 heteroatoms. The van der Waals surface area contributed by atoms with Crippen LogP contribution in [0.5, 0.6) is 0 Å². The summed E-state index contributed by atoms with van der Waals surface area (Å²) in [5.74, 6) is -41.5. The van der Waals surface area contributed by atoms with Crippen LogP contribution in [0.3, 0.4) is 0 Å². The van der Waals surface area contributed by atoms with Crippen LogP contribution in [0, 0.1) is 0 Å². The number of hydrogen-bond donors (Lipinski definition) is 0. The summed E-state index contributed by atoms with van der Waals surface area (Å²) in [6, 6.07) is -3.00. The Morgan fingerprint density at radius 2 is 1.11 bits per heavy atom. The van der Waals surface area contributed by atoms with E-state index in [4.69, 9.17) is 0 Å². The minimum Gasteiger partial charge on any atom is -0.465 e. The largest absolute Gasteiger partial charge is 0.465 e. The molecule has 1 fully saturated rings. The van der Waals surface area contributed by atoms with Gasteiger partial charge in [0.1, 0.15) is 6.04 Å². The molecule has 0 aromatic rings. The summed E-state index contributed by atoms with van der Waals surface area (Å²) in [4.78, 5) is 12.2. The number of halogens is 18. The maximum atomic E-state index is 14.2. The van der Waals surface area contributed by atoms with Gasteiger partial charge in [-0.25, -0.2) is 16.8 Å². The maximum absolute atomic E-state index is 14.2. The standard InChI is InChI=1S/C17H16F18N2O6S2/c1-2-43-9(38)8-7-36(45(41,42)17(34,35)14(26,27)13(24,25)16(31,32)33)4-5-37(8)44(39,40)6-3-10(18,19)11(20,21)12(22,23)15(28,29)30/h8H,2-7H2,1H3. The van der Waals surface area contributed by atoms with Crippen LogP contribution in [0.1, 0.15) is 13.3 Å². The van der Waals surface area contributed by atoms with Gasteiger partial charge in [-0.05, 0) is 6.92 Å². The van der Waals surface area contributed by atoms with Crippen molar-refractivity contribution in [3.8, 4) is 0 Å². The van der Waals surface area contributed by atoms with Gasteiger partial charge in [-0.2, -0.15) is 87.6 Å². The Labute approximate surface area is 239 Å². The molecular weight excluding hydrogens is 734 g/mol. The van der Waals surface area contributed by atoms with E-state index in [9.17, 15) is 101 Å². The highest BCUT2D eigenvalue weighted by molar-refractivity contribution is 7.90. The van der Waals surface area contributed by atoms with E-state index in [2.05, 4.69) is 4.74 Å². The molecule has 0 saturated carbocycles. The van der Waals surface area contributed by atoms with E-state index < -0.39 is 126 Å². The number of carbonyl (C=O) groups is 1. The Morgan fingerprint density at radius 3 is 1.51 bits per heavy atom. The van der Waals surface area contributed by atoms with Crippen LogP contribution in [-0.2, 0) is 29.6 Å². The first-order valence-electron chi connectivity index (χ1n) is 11.1. The lowest BCUT2D eigenvalue weighted by Crippen LogP contribution is -2.68. The van der Waals surface area contributed by atoms with Crippen LogP contribution >= 0.6 is 0 Å². The molecule has 0 bridgehead atoms. The fourth-order valence-corrected chi connectivity index (χ4v) is 6.43. The highest BCUT2D eigenvalue weighted by Crippen LogP contribution is 2.56. The Bertz CT molecular complexity index is 1310. The van der Waals surface area contributed by atoms with Gasteiger partial charge in [0.25, 0.3) is 10.0 Å². The number of ether oxygens (including phenoxy) is 1. The van der Waals surface area contributed by atoms with Crippen LogP contribution in [0.15, 0.2) is 0 Å². The van der Waals surface area contributed by atoms with E-state index in [0.29, 0.717) is 0 Å². The van der Waals surface area contributed by atoms with Gasteiger partial charge in [-0.3, -0.25) is 4.79 Å². The summed E-state index contributed by atoms with van der Waals surface area (Å²) in [6.45, 7) is -5.98. The van der Waals surface area contributed by atoms with Gasteiger partial charge < -0.3 is 4.74 Å². The lowest BCUT2D eigenvalue weighted by molar-refractivity contribution is -0.396. The Morgan fingerprint density at radius 1 is 0.689 bits per heavy atom. The number of esters is 1. The molecule has 1 heterocycles. The minimum atomic E-state index is -7.78. The van der Waals surface area contributed by atoms with Crippen molar-refractivity contribution in [1.82, 2.24) is 8.61 Å². The molecular formula is C17H16F18N2O6S2. The number of alkyl halides is 18. The Balaban J connectivity index is 3.49. The summed E-state index contributed by atoms with van der Waals surface area (Å²) in [7, 11) is -13.3. The van der Waals surface area contributed by atoms with Crippen molar-refractivity contribution in [3.05, 3.63) is 0 Å². The molecule has 45 heavy (non-hydrogen) atoms. The molecule has 1 unspecified atom stereocenters. The molecule has 0 aliphatic carbocycles. The molecule has 0 aromatic carbocycles. The third kappa shape index (κ3) is 6.73. The van der Waals surface area contributed by atoms with Gasteiger partial charge in [-0.15, -0.1) is 0 Å². The number of sulfonamides is 2. The zero-order chi connectivity index (χ0) is 36.3. The SMILES string of the molecule is CCOC(=O)C1CN(S(=O)(=O)C(F)(F)C(F)(F)C(F)(F)C(F)(F)F)CCN1S(=O)(=O)CCC(F)(F)C(F)(F)C(F)(F)C(F)(F)F. The average molecular weight is 750 g/mol. The van der Waals surface area contributed by atoms with Crippen molar-refractivity contribution >= 4 is 26.0 Å². The van der Waals surface area contributed by atoms with Crippen molar-refractivity contribution in [2.75, 3.05) is 32.0 Å². The monoisotopic (exact) mass is 750 g/mol. The number of carbonyl (C=O) groups excluding carboxylic acids is 1. The lowest BCUT2D eigenvalue weighted by Gasteiger charge is -2.41. The van der Waals surface area contributed by atoms with E-state index in [1.807, 2.05) is 0 Å². The van der Waals surface area contributed by atoms with Crippen molar-refractivity contribution in [3.63, 3.8) is 0 Å². The third-order valence-electron chi connectivity index (χ3n) is 5.87. The summed E-state index contributed by atoms with van der Waals surface area (Å²) >= 11 is 0. The summed E-state index contributed by atoms with van der Waals surface area (Å²) < 4.78 is 289. The highest BCUT2D eigenvalue weighted by atomic mass is 32.2. The molecule has 1 aliphatic rings. The van der Waals surface area contributed by atoms with E-state index in [1.165, 1.54) is 0 Å². The fraction of sp³-hybridized carbons (Fsp3) is 0.941. The summed E-state index contributed by atoms with van der Waals surface area (Å²) in [5, 5.41) is -7.38. The van der Waals surface area contributed by atoms with E-state index in [-0.39, 0.29) is 0 Å². The van der Waals surface area contributed by atoms with Gasteiger partial charge in [0, 0.05) is 26.1 Å². The first-order valence-corrected chi connectivity index (χ1v) is 14.1. The molecule has 0 spiro atoms. The van der Waals surface area contributed by atoms with Crippen LogP contribution < -0.4 is 0 Å². The molecule has 268 valence electrons. The van der Waals surface area contributed by atoms with Gasteiger partial charge in [0.05, 0.1) is 12.4 Å². The zero-order valence-electron chi connectivity index (χ0n) is 21.3. The Kier molecular flexibility index (Phi) is 10.9. The molecule has 0 radical (unpaired) electrons. The molecule has 1 rings (SSSR count). The van der Waals surface area contributed by atoms with Crippen molar-refractivity contribution < 1.29 is 105 Å². The fourth-order valence-electron chi connectivity index (χ4n) is 3.35. The summed E-state index contributed by atoms with van der Waals surface area (Å²) in [5.41, 5.74) is 0. The van der Waals surface area contributed by atoms with E-state index in [0.717, 1.165) is 6.92 Å². The second kappa shape index (κ2) is 11.9. The Hall–Kier alpha value is -1.97. The normalized spacial score (nSPS) is 19.9. The second-order valence-corrected chi connectivity index (χ2v) is 12.8. The third-order valence-corrected chi connectivity index (χ3v) is 9.66. The predicted molar refractivity (Wildman–Crippen MR) is 108 cm³/mol. The van der Waals surface area contributed by atoms with Gasteiger partial charge in [-0.1, -0.05) is 0 Å². The van der Waals surface area contributed by atoms with Crippen LogP contribution in [-0.4, -0.2) is 117 Å². The quantitative estimate of drug-likeness (QED) is 0.216. The van der Waals surface area contributed by atoms with E-state index in [1.54, 1.807) is 0 Å². The average Bonchev–Trinajstić information content (AvgIpc) is 2.85. The van der Waals surface area contributed by atoms with Crippen LogP contribution in [0.25, 0.3) is 0 Å². The molecule has 0 amide bonds. The van der Waals surface area contributed by atoms with Gasteiger partial charge in [0.15, 0.2) is 0 Å². The van der Waals surface area contributed by atoms with Crippen LogP contribution in [0.4, 0.5) is 79.0 Å². The maximum Gasteiger partial charge on any atom is 0.460 e. The first-order chi connectivity index (χ1) is 19.5. The molecule has 8 nitrogen and oxygen atoms in total. The van der Waals surface area contributed by atoms with Crippen LogP contribution in [0.2, 0.25) is 0 Å². The molecule has 1 saturated heterocycles.